The van der Waals surface area contributed by atoms with Crippen LogP contribution < -0.4 is 5.32 Å². The third-order valence-electron chi connectivity index (χ3n) is 3.12. The molecule has 0 aliphatic rings. The van der Waals surface area contributed by atoms with Gasteiger partial charge in [0, 0.05) is 24.7 Å². The molecule has 108 valence electrons. The van der Waals surface area contributed by atoms with Crippen LogP contribution in [-0.2, 0) is 4.74 Å². The number of halogens is 1. The summed E-state index contributed by atoms with van der Waals surface area (Å²) in [7, 11) is 1.74. The van der Waals surface area contributed by atoms with Gasteiger partial charge in [0.05, 0.1) is 6.61 Å². The van der Waals surface area contributed by atoms with E-state index in [-0.39, 0.29) is 0 Å². The topological polar surface area (TPSA) is 21.3 Å². The molecule has 0 fully saturated rings. The Morgan fingerprint density at radius 1 is 1.37 bits per heavy atom. The van der Waals surface area contributed by atoms with Gasteiger partial charge in [0.25, 0.3) is 0 Å². The molecule has 1 rings (SSSR count). The fourth-order valence-electron chi connectivity index (χ4n) is 2.10. The van der Waals surface area contributed by atoms with Gasteiger partial charge >= 0.3 is 0 Å². The van der Waals surface area contributed by atoms with Crippen molar-refractivity contribution >= 4 is 27.7 Å². The first-order valence-electron chi connectivity index (χ1n) is 6.72. The Morgan fingerprint density at radius 3 is 2.84 bits per heavy atom. The second-order valence-electron chi connectivity index (χ2n) is 4.55. The molecular formula is C15H24BrNOS. The second kappa shape index (κ2) is 10.7. The van der Waals surface area contributed by atoms with E-state index in [9.17, 15) is 0 Å². The molecule has 0 saturated carbocycles. The average Bonchev–Trinajstić information content (AvgIpc) is 2.42. The van der Waals surface area contributed by atoms with Crippen molar-refractivity contribution in [3.63, 3.8) is 0 Å². The van der Waals surface area contributed by atoms with Gasteiger partial charge in [-0.05, 0) is 42.4 Å². The smallest absolute Gasteiger partial charge is 0.0587 e. The maximum Gasteiger partial charge on any atom is 0.0587 e. The fourth-order valence-corrected chi connectivity index (χ4v) is 3.16. The van der Waals surface area contributed by atoms with E-state index in [4.69, 9.17) is 4.74 Å². The lowest BCUT2D eigenvalue weighted by Crippen LogP contribution is -2.25. The number of ether oxygens (including phenoxy) is 1. The Hall–Kier alpha value is -0.0300. The quantitative estimate of drug-likeness (QED) is 0.649. The summed E-state index contributed by atoms with van der Waals surface area (Å²) in [6.45, 7) is 2.70. The molecule has 19 heavy (non-hydrogen) atoms. The number of methoxy groups -OCH3 is 1. The van der Waals surface area contributed by atoms with Crippen molar-refractivity contribution in [2.75, 3.05) is 38.8 Å². The van der Waals surface area contributed by atoms with E-state index in [1.807, 2.05) is 11.8 Å². The predicted molar refractivity (Wildman–Crippen MR) is 89.2 cm³/mol. The number of hydrogen-bond donors (Lipinski definition) is 1. The van der Waals surface area contributed by atoms with Gasteiger partial charge in [0.2, 0.25) is 0 Å². The van der Waals surface area contributed by atoms with E-state index < -0.39 is 0 Å². The van der Waals surface area contributed by atoms with Crippen molar-refractivity contribution in [1.82, 2.24) is 5.32 Å². The maximum atomic E-state index is 5.08. The molecule has 0 radical (unpaired) electrons. The third kappa shape index (κ3) is 6.80. The van der Waals surface area contributed by atoms with Crippen LogP contribution in [0.15, 0.2) is 28.7 Å². The molecule has 1 unspecified atom stereocenters. The number of rotatable bonds is 10. The highest BCUT2D eigenvalue weighted by molar-refractivity contribution is 9.10. The van der Waals surface area contributed by atoms with Gasteiger partial charge in [-0.1, -0.05) is 34.1 Å². The molecule has 0 heterocycles. The Kier molecular flexibility index (Phi) is 9.61. The molecule has 0 aliphatic heterocycles. The lowest BCUT2D eigenvalue weighted by Gasteiger charge is -2.19. The van der Waals surface area contributed by atoms with Crippen LogP contribution in [0.3, 0.4) is 0 Å². The zero-order valence-corrected chi connectivity index (χ0v) is 14.2. The van der Waals surface area contributed by atoms with Crippen molar-refractivity contribution in [3.05, 3.63) is 34.3 Å². The van der Waals surface area contributed by atoms with Crippen LogP contribution in [0.5, 0.6) is 0 Å². The lowest BCUT2D eigenvalue weighted by molar-refractivity contribution is 0.198. The molecule has 0 spiro atoms. The summed E-state index contributed by atoms with van der Waals surface area (Å²) in [5.74, 6) is 1.80. The number of nitrogens with one attached hydrogen (secondary N) is 1. The SMILES string of the molecule is COCCNCC(CCCSC)c1ccccc1Br. The maximum absolute atomic E-state index is 5.08. The second-order valence-corrected chi connectivity index (χ2v) is 6.39. The van der Waals surface area contributed by atoms with Crippen LogP contribution in [-0.4, -0.2) is 38.8 Å². The van der Waals surface area contributed by atoms with Crippen molar-refractivity contribution < 1.29 is 4.74 Å². The molecule has 1 aromatic rings. The van der Waals surface area contributed by atoms with Gasteiger partial charge in [-0.3, -0.25) is 0 Å². The van der Waals surface area contributed by atoms with Crippen LogP contribution in [0, 0.1) is 0 Å². The van der Waals surface area contributed by atoms with E-state index in [0.29, 0.717) is 5.92 Å². The molecule has 0 saturated heterocycles. The summed E-state index contributed by atoms with van der Waals surface area (Å²) in [5.41, 5.74) is 1.41. The third-order valence-corrected chi connectivity index (χ3v) is 4.54. The van der Waals surface area contributed by atoms with Crippen molar-refractivity contribution in [2.45, 2.75) is 18.8 Å². The van der Waals surface area contributed by atoms with E-state index in [1.54, 1.807) is 7.11 Å². The van der Waals surface area contributed by atoms with E-state index in [2.05, 4.69) is 51.8 Å². The van der Waals surface area contributed by atoms with Crippen LogP contribution in [0.2, 0.25) is 0 Å². The van der Waals surface area contributed by atoms with Gasteiger partial charge in [-0.25, -0.2) is 0 Å². The fraction of sp³-hybridized carbons (Fsp3) is 0.600. The highest BCUT2D eigenvalue weighted by Crippen LogP contribution is 2.28. The zero-order chi connectivity index (χ0) is 13.9. The van der Waals surface area contributed by atoms with Crippen LogP contribution in [0.25, 0.3) is 0 Å². The Labute approximate surface area is 129 Å². The van der Waals surface area contributed by atoms with Crippen molar-refractivity contribution in [1.29, 1.82) is 0 Å². The molecule has 0 amide bonds. The Balaban J connectivity index is 2.55. The average molecular weight is 346 g/mol. The lowest BCUT2D eigenvalue weighted by atomic mass is 9.94. The van der Waals surface area contributed by atoms with Crippen LogP contribution in [0.1, 0.15) is 24.3 Å². The zero-order valence-electron chi connectivity index (χ0n) is 11.8. The van der Waals surface area contributed by atoms with Gasteiger partial charge in [-0.2, -0.15) is 11.8 Å². The molecular weight excluding hydrogens is 322 g/mol. The summed E-state index contributed by atoms with van der Waals surface area (Å²) in [6.07, 6.45) is 4.66. The largest absolute Gasteiger partial charge is 0.383 e. The molecule has 0 bridgehead atoms. The van der Waals surface area contributed by atoms with E-state index in [1.165, 1.54) is 28.6 Å². The monoisotopic (exact) mass is 345 g/mol. The summed E-state index contributed by atoms with van der Waals surface area (Å²) >= 11 is 5.59. The van der Waals surface area contributed by atoms with E-state index >= 15 is 0 Å². The van der Waals surface area contributed by atoms with Gasteiger partial charge in [-0.15, -0.1) is 0 Å². The van der Waals surface area contributed by atoms with Gasteiger partial charge < -0.3 is 10.1 Å². The standard InChI is InChI=1S/C15H24BrNOS/c1-18-10-9-17-12-13(6-5-11-19-2)14-7-3-4-8-15(14)16/h3-4,7-8,13,17H,5-6,9-12H2,1-2H3. The van der Waals surface area contributed by atoms with Crippen LogP contribution in [0.4, 0.5) is 0 Å². The summed E-state index contributed by atoms with van der Waals surface area (Å²) in [6, 6.07) is 8.56. The highest BCUT2D eigenvalue weighted by Gasteiger charge is 2.13. The molecule has 0 aliphatic carbocycles. The summed E-state index contributed by atoms with van der Waals surface area (Å²) in [4.78, 5) is 0. The molecule has 0 aromatic heterocycles. The Bertz CT molecular complexity index is 349. The minimum absolute atomic E-state index is 0.569. The summed E-state index contributed by atoms with van der Waals surface area (Å²) in [5, 5.41) is 3.49. The van der Waals surface area contributed by atoms with Crippen molar-refractivity contribution in [3.8, 4) is 0 Å². The van der Waals surface area contributed by atoms with E-state index in [0.717, 1.165) is 19.7 Å². The Morgan fingerprint density at radius 2 is 2.16 bits per heavy atom. The first-order valence-corrected chi connectivity index (χ1v) is 8.91. The molecule has 4 heteroatoms. The number of thioether (sulfide) groups is 1. The first-order chi connectivity index (χ1) is 9.29. The number of benzene rings is 1. The normalized spacial score (nSPS) is 12.6. The highest BCUT2D eigenvalue weighted by atomic mass is 79.9. The minimum atomic E-state index is 0.569. The first kappa shape index (κ1) is 17.0. The summed E-state index contributed by atoms with van der Waals surface area (Å²) < 4.78 is 6.30. The molecule has 1 atom stereocenters. The van der Waals surface area contributed by atoms with Crippen molar-refractivity contribution in [2.24, 2.45) is 0 Å². The van der Waals surface area contributed by atoms with Gasteiger partial charge in [0.1, 0.15) is 0 Å². The molecule has 2 nitrogen and oxygen atoms in total. The van der Waals surface area contributed by atoms with Gasteiger partial charge in [0.15, 0.2) is 0 Å². The molecule has 1 aromatic carbocycles. The minimum Gasteiger partial charge on any atom is -0.383 e. The number of hydrogen-bond acceptors (Lipinski definition) is 3. The molecule has 1 N–H and O–H groups in total. The predicted octanol–water partition coefficient (Wildman–Crippen LogP) is 3.91. The van der Waals surface area contributed by atoms with Crippen LogP contribution >= 0.6 is 27.7 Å².